The maximum atomic E-state index is 10.1. The van der Waals surface area contributed by atoms with Gasteiger partial charge in [-0.1, -0.05) is 29.5 Å². The first kappa shape index (κ1) is 16.8. The molecule has 2 rings (SSSR count). The van der Waals surface area contributed by atoms with Gasteiger partial charge in [0.1, 0.15) is 18.7 Å². The van der Waals surface area contributed by atoms with E-state index < -0.39 is 6.10 Å². The average Bonchev–Trinajstić information content (AvgIpc) is 2.92. The summed E-state index contributed by atoms with van der Waals surface area (Å²) in [5, 5.41) is 18.9. The van der Waals surface area contributed by atoms with E-state index in [0.29, 0.717) is 11.8 Å². The van der Waals surface area contributed by atoms with Crippen LogP contribution in [0.15, 0.2) is 29.7 Å². The monoisotopic (exact) mass is 321 g/mol. The van der Waals surface area contributed by atoms with Crippen LogP contribution < -0.4 is 4.74 Å². The van der Waals surface area contributed by atoms with Gasteiger partial charge in [0.15, 0.2) is 5.16 Å². The number of aliphatic hydroxyl groups excluding tert-OH is 1. The Morgan fingerprint density at radius 3 is 2.77 bits per heavy atom. The Kier molecular flexibility index (Phi) is 5.85. The fourth-order valence-corrected chi connectivity index (χ4v) is 3.01. The van der Waals surface area contributed by atoms with Gasteiger partial charge in [-0.2, -0.15) is 0 Å². The fourth-order valence-electron chi connectivity index (χ4n) is 2.06. The molecule has 0 saturated heterocycles. The fraction of sp³-hybridized carbons (Fsp3) is 0.500. The molecule has 120 valence electrons. The third kappa shape index (κ3) is 4.48. The molecule has 1 atom stereocenters. The molecule has 0 aliphatic heterocycles. The molecular formula is C16H23N3O2S. The van der Waals surface area contributed by atoms with Crippen molar-refractivity contribution >= 4 is 11.8 Å². The van der Waals surface area contributed by atoms with Gasteiger partial charge >= 0.3 is 0 Å². The predicted octanol–water partition coefficient (Wildman–Crippen LogP) is 3.01. The van der Waals surface area contributed by atoms with E-state index in [1.54, 1.807) is 6.33 Å². The van der Waals surface area contributed by atoms with Gasteiger partial charge in [-0.05, 0) is 39.3 Å². The number of aromatic nitrogens is 3. The van der Waals surface area contributed by atoms with Crippen molar-refractivity contribution in [3.63, 3.8) is 0 Å². The van der Waals surface area contributed by atoms with E-state index in [-0.39, 0.29) is 6.61 Å². The number of nitrogens with zero attached hydrogens (tertiary/aromatic N) is 3. The number of rotatable bonds is 7. The number of hydrogen-bond donors (Lipinski definition) is 1. The maximum absolute atomic E-state index is 10.1. The van der Waals surface area contributed by atoms with Crippen LogP contribution in [0.2, 0.25) is 0 Å². The van der Waals surface area contributed by atoms with Crippen molar-refractivity contribution in [2.24, 2.45) is 0 Å². The second kappa shape index (κ2) is 7.65. The highest BCUT2D eigenvalue weighted by atomic mass is 32.2. The molecule has 1 aromatic heterocycles. The Balaban J connectivity index is 1.83. The Hall–Kier alpha value is -1.53. The van der Waals surface area contributed by atoms with E-state index in [1.807, 2.05) is 30.5 Å². The van der Waals surface area contributed by atoms with E-state index in [0.717, 1.165) is 16.5 Å². The highest BCUT2D eigenvalue weighted by Crippen LogP contribution is 2.21. The minimum Gasteiger partial charge on any atom is -0.491 e. The van der Waals surface area contributed by atoms with E-state index in [4.69, 9.17) is 4.74 Å². The summed E-state index contributed by atoms with van der Waals surface area (Å²) >= 11 is 1.49. The Morgan fingerprint density at radius 1 is 1.32 bits per heavy atom. The first-order valence-corrected chi connectivity index (χ1v) is 8.36. The van der Waals surface area contributed by atoms with Crippen LogP contribution in [0.5, 0.6) is 5.75 Å². The molecule has 1 aromatic carbocycles. The van der Waals surface area contributed by atoms with E-state index >= 15 is 0 Å². The third-order valence-electron chi connectivity index (χ3n) is 3.26. The third-order valence-corrected chi connectivity index (χ3v) is 4.37. The molecule has 1 N–H and O–H groups in total. The van der Waals surface area contributed by atoms with E-state index in [1.165, 1.54) is 17.3 Å². The van der Waals surface area contributed by atoms with Gasteiger partial charge in [-0.3, -0.25) is 0 Å². The Bertz CT molecular complexity index is 613. The number of aliphatic hydroxyl groups is 1. The first-order chi connectivity index (χ1) is 10.5. The lowest BCUT2D eigenvalue weighted by atomic mass is 10.1. The number of thioether (sulfide) groups is 1. The zero-order valence-corrected chi connectivity index (χ0v) is 14.3. The molecule has 0 aliphatic rings. The smallest absolute Gasteiger partial charge is 0.191 e. The number of benzene rings is 1. The summed E-state index contributed by atoms with van der Waals surface area (Å²) in [5.74, 6) is 1.34. The van der Waals surface area contributed by atoms with Crippen LogP contribution in [0.4, 0.5) is 0 Å². The van der Waals surface area contributed by atoms with Crippen molar-refractivity contribution in [3.8, 4) is 5.75 Å². The molecule has 0 radical (unpaired) electrons. The van der Waals surface area contributed by atoms with Crippen LogP contribution in [-0.2, 0) is 0 Å². The van der Waals surface area contributed by atoms with Gasteiger partial charge in [0.05, 0.1) is 6.10 Å². The van der Waals surface area contributed by atoms with Crippen molar-refractivity contribution in [3.05, 3.63) is 35.7 Å². The molecule has 0 bridgehead atoms. The van der Waals surface area contributed by atoms with Gasteiger partial charge in [-0.15, -0.1) is 10.2 Å². The van der Waals surface area contributed by atoms with Crippen LogP contribution in [-0.4, -0.2) is 38.3 Å². The minimum atomic E-state index is -0.553. The van der Waals surface area contributed by atoms with Crippen LogP contribution in [0.1, 0.15) is 31.0 Å². The van der Waals surface area contributed by atoms with Crippen molar-refractivity contribution in [2.75, 3.05) is 12.4 Å². The van der Waals surface area contributed by atoms with E-state index in [9.17, 15) is 5.11 Å². The van der Waals surface area contributed by atoms with Gasteiger partial charge in [0.25, 0.3) is 0 Å². The molecule has 1 heterocycles. The van der Waals surface area contributed by atoms with Crippen molar-refractivity contribution in [1.82, 2.24) is 14.8 Å². The van der Waals surface area contributed by atoms with Crippen LogP contribution in [0.25, 0.3) is 0 Å². The summed E-state index contributed by atoms with van der Waals surface area (Å²) in [4.78, 5) is 0. The molecular weight excluding hydrogens is 298 g/mol. The highest BCUT2D eigenvalue weighted by Gasteiger charge is 2.12. The summed E-state index contributed by atoms with van der Waals surface area (Å²) in [7, 11) is 0. The molecule has 0 aliphatic carbocycles. The van der Waals surface area contributed by atoms with Gasteiger partial charge in [0.2, 0.25) is 0 Å². The maximum Gasteiger partial charge on any atom is 0.191 e. The molecule has 0 spiro atoms. The number of hydrogen-bond acceptors (Lipinski definition) is 5. The molecule has 22 heavy (non-hydrogen) atoms. The normalized spacial score (nSPS) is 12.6. The molecule has 0 saturated carbocycles. The van der Waals surface area contributed by atoms with Crippen LogP contribution in [0.3, 0.4) is 0 Å². The lowest BCUT2D eigenvalue weighted by Gasteiger charge is -2.14. The highest BCUT2D eigenvalue weighted by molar-refractivity contribution is 7.99. The molecule has 0 fully saturated rings. The summed E-state index contributed by atoms with van der Waals surface area (Å²) in [5.41, 5.74) is 2.29. The quantitative estimate of drug-likeness (QED) is 0.794. The lowest BCUT2D eigenvalue weighted by molar-refractivity contribution is 0.126. The standard InChI is InChI=1S/C16H23N3O2S/c1-11(2)19-10-17-18-16(19)22-9-14(20)8-21-15-6-5-12(3)7-13(15)4/h5-7,10-11,14,20H,8-9H2,1-4H3. The second-order valence-electron chi connectivity index (χ2n) is 5.66. The summed E-state index contributed by atoms with van der Waals surface area (Å²) in [6.45, 7) is 8.48. The molecule has 6 heteroatoms. The molecule has 2 aromatic rings. The second-order valence-corrected chi connectivity index (χ2v) is 6.65. The van der Waals surface area contributed by atoms with Crippen LogP contribution >= 0.6 is 11.8 Å². The van der Waals surface area contributed by atoms with Crippen molar-refractivity contribution in [2.45, 2.75) is 45.0 Å². The Labute approximate surface area is 135 Å². The Morgan fingerprint density at radius 2 is 2.09 bits per heavy atom. The van der Waals surface area contributed by atoms with Crippen molar-refractivity contribution < 1.29 is 9.84 Å². The van der Waals surface area contributed by atoms with Gasteiger partial charge in [0, 0.05) is 11.8 Å². The molecule has 5 nitrogen and oxygen atoms in total. The first-order valence-electron chi connectivity index (χ1n) is 7.37. The summed E-state index contributed by atoms with van der Waals surface area (Å²) < 4.78 is 7.68. The predicted molar refractivity (Wildman–Crippen MR) is 88.5 cm³/mol. The topological polar surface area (TPSA) is 60.2 Å². The average molecular weight is 321 g/mol. The van der Waals surface area contributed by atoms with Gasteiger partial charge in [-0.25, -0.2) is 0 Å². The minimum absolute atomic E-state index is 0.271. The largest absolute Gasteiger partial charge is 0.491 e. The summed E-state index contributed by atoms with van der Waals surface area (Å²) in [6.07, 6.45) is 1.16. The lowest BCUT2D eigenvalue weighted by Crippen LogP contribution is -2.20. The van der Waals surface area contributed by atoms with Crippen LogP contribution in [0, 0.1) is 13.8 Å². The van der Waals surface area contributed by atoms with Gasteiger partial charge < -0.3 is 14.4 Å². The zero-order chi connectivity index (χ0) is 16.1. The SMILES string of the molecule is Cc1ccc(OCC(O)CSc2nncn2C(C)C)c(C)c1. The zero-order valence-electron chi connectivity index (χ0n) is 13.5. The van der Waals surface area contributed by atoms with E-state index in [2.05, 4.69) is 30.1 Å². The number of ether oxygens (including phenoxy) is 1. The molecule has 0 amide bonds. The summed E-state index contributed by atoms with van der Waals surface area (Å²) in [6, 6.07) is 6.33. The van der Waals surface area contributed by atoms with Crippen molar-refractivity contribution in [1.29, 1.82) is 0 Å². The number of aryl methyl sites for hydroxylation is 2. The molecule has 1 unspecified atom stereocenters.